The van der Waals surface area contributed by atoms with Crippen molar-refractivity contribution in [2.24, 2.45) is 11.8 Å². The van der Waals surface area contributed by atoms with Gasteiger partial charge in [-0.05, 0) is 11.6 Å². The van der Waals surface area contributed by atoms with Crippen LogP contribution in [0.2, 0.25) is 0 Å². The fraction of sp³-hybridized carbons (Fsp3) is 0.538. The van der Waals surface area contributed by atoms with Gasteiger partial charge in [0.2, 0.25) is 5.91 Å². The minimum atomic E-state index is -0.179. The summed E-state index contributed by atoms with van der Waals surface area (Å²) < 4.78 is 10.8. The molecule has 6 nitrogen and oxygen atoms in total. The normalized spacial score (nSPS) is 29.2. The molecule has 0 bridgehead atoms. The zero-order valence-electron chi connectivity index (χ0n) is 10.5. The Morgan fingerprint density at radius 3 is 3.26 bits per heavy atom. The van der Waals surface area contributed by atoms with Crippen LogP contribution in [0.4, 0.5) is 0 Å². The number of carbonyl (C=O) groups is 1. The fourth-order valence-corrected chi connectivity index (χ4v) is 2.47. The number of rotatable bonds is 4. The number of carbonyl (C=O) groups excluding carboxylic acids is 1. The summed E-state index contributed by atoms with van der Waals surface area (Å²) in [6.07, 6.45) is 3.46. The molecule has 3 heterocycles. The first-order chi connectivity index (χ1) is 9.34. The number of aromatic nitrogens is 1. The predicted octanol–water partition coefficient (Wildman–Crippen LogP) is 0.291. The minimum Gasteiger partial charge on any atom is -0.378 e. The van der Waals surface area contributed by atoms with Crippen molar-refractivity contribution in [3.05, 3.63) is 30.1 Å². The van der Waals surface area contributed by atoms with Crippen LogP contribution in [0.3, 0.4) is 0 Å². The Labute approximate surface area is 111 Å². The van der Waals surface area contributed by atoms with Gasteiger partial charge in [-0.25, -0.2) is 5.48 Å². The molecule has 0 spiro atoms. The van der Waals surface area contributed by atoms with Crippen molar-refractivity contribution in [2.45, 2.75) is 12.7 Å². The summed E-state index contributed by atoms with van der Waals surface area (Å²) in [6.45, 7) is 1.93. The first kappa shape index (κ1) is 12.5. The first-order valence-corrected chi connectivity index (χ1v) is 6.34. The Hall–Kier alpha value is -1.50. The molecule has 0 radical (unpaired) electrons. The molecule has 1 aromatic heterocycles. The monoisotopic (exact) mass is 264 g/mol. The van der Waals surface area contributed by atoms with E-state index in [1.54, 1.807) is 12.4 Å². The van der Waals surface area contributed by atoms with Gasteiger partial charge >= 0.3 is 0 Å². The molecule has 1 amide bonds. The van der Waals surface area contributed by atoms with Crippen molar-refractivity contribution in [3.8, 4) is 0 Å². The second-order valence-corrected chi connectivity index (χ2v) is 4.80. The van der Waals surface area contributed by atoms with E-state index in [1.807, 2.05) is 12.1 Å². The van der Waals surface area contributed by atoms with Crippen LogP contribution in [-0.4, -0.2) is 36.8 Å². The highest BCUT2D eigenvalue weighted by Crippen LogP contribution is 2.32. The lowest BCUT2D eigenvalue weighted by atomic mass is 9.93. The van der Waals surface area contributed by atoms with E-state index in [-0.39, 0.29) is 23.8 Å². The van der Waals surface area contributed by atoms with Crippen LogP contribution in [0.1, 0.15) is 5.56 Å². The van der Waals surface area contributed by atoms with Crippen molar-refractivity contribution in [3.63, 3.8) is 0 Å². The van der Waals surface area contributed by atoms with Crippen molar-refractivity contribution in [2.75, 3.05) is 19.8 Å². The van der Waals surface area contributed by atoms with E-state index >= 15 is 0 Å². The standard InChI is InChI=1S/C13H16N2O4/c16-13(11-7-18-12-8-17-6-10(11)12)15-19-5-9-2-1-3-14-4-9/h1-4,10-12H,5-8H2,(H,15,16). The van der Waals surface area contributed by atoms with Crippen molar-refractivity contribution in [1.82, 2.24) is 10.5 Å². The average Bonchev–Trinajstić information content (AvgIpc) is 3.02. The summed E-state index contributed by atoms with van der Waals surface area (Å²) in [6, 6.07) is 3.71. The van der Waals surface area contributed by atoms with Crippen molar-refractivity contribution in [1.29, 1.82) is 0 Å². The minimum absolute atomic E-state index is 0.0640. The van der Waals surface area contributed by atoms with Gasteiger partial charge in [0.1, 0.15) is 6.61 Å². The van der Waals surface area contributed by atoms with Crippen LogP contribution in [0.25, 0.3) is 0 Å². The van der Waals surface area contributed by atoms with Gasteiger partial charge in [0.15, 0.2) is 0 Å². The predicted molar refractivity (Wildman–Crippen MR) is 64.7 cm³/mol. The van der Waals surface area contributed by atoms with Gasteiger partial charge < -0.3 is 9.47 Å². The zero-order valence-corrected chi connectivity index (χ0v) is 10.5. The number of pyridine rings is 1. The topological polar surface area (TPSA) is 69.7 Å². The van der Waals surface area contributed by atoms with Gasteiger partial charge in [0, 0.05) is 18.3 Å². The molecule has 19 heavy (non-hydrogen) atoms. The molecule has 6 heteroatoms. The smallest absolute Gasteiger partial charge is 0.249 e. The van der Waals surface area contributed by atoms with Gasteiger partial charge in [0.25, 0.3) is 0 Å². The van der Waals surface area contributed by atoms with Crippen LogP contribution in [0, 0.1) is 11.8 Å². The Morgan fingerprint density at radius 1 is 1.47 bits per heavy atom. The second kappa shape index (κ2) is 5.64. The molecule has 0 aliphatic carbocycles. The van der Waals surface area contributed by atoms with E-state index in [0.29, 0.717) is 26.4 Å². The van der Waals surface area contributed by atoms with E-state index in [9.17, 15) is 4.79 Å². The Morgan fingerprint density at radius 2 is 2.42 bits per heavy atom. The zero-order chi connectivity index (χ0) is 13.1. The summed E-state index contributed by atoms with van der Waals surface area (Å²) in [7, 11) is 0. The van der Waals surface area contributed by atoms with E-state index in [4.69, 9.17) is 14.3 Å². The lowest BCUT2D eigenvalue weighted by molar-refractivity contribution is -0.140. The largest absolute Gasteiger partial charge is 0.378 e. The number of hydrogen-bond acceptors (Lipinski definition) is 5. The maximum absolute atomic E-state index is 12.0. The van der Waals surface area contributed by atoms with Gasteiger partial charge in [-0.2, -0.15) is 0 Å². The maximum Gasteiger partial charge on any atom is 0.249 e. The van der Waals surface area contributed by atoms with Gasteiger partial charge in [-0.3, -0.25) is 14.6 Å². The Kier molecular flexibility index (Phi) is 3.72. The molecule has 0 saturated carbocycles. The molecule has 3 rings (SSSR count). The fourth-order valence-electron chi connectivity index (χ4n) is 2.47. The lowest BCUT2D eigenvalue weighted by Crippen LogP contribution is -2.35. The number of amides is 1. The Balaban J connectivity index is 1.47. The second-order valence-electron chi connectivity index (χ2n) is 4.80. The molecule has 2 aliphatic heterocycles. The van der Waals surface area contributed by atoms with E-state index in [0.717, 1.165) is 5.56 Å². The quantitative estimate of drug-likeness (QED) is 0.792. The number of ether oxygens (including phenoxy) is 2. The SMILES string of the molecule is O=C(NOCc1cccnc1)C1COC2COCC21. The average molecular weight is 264 g/mol. The first-order valence-electron chi connectivity index (χ1n) is 6.34. The van der Waals surface area contributed by atoms with Crippen LogP contribution in [0.5, 0.6) is 0 Å². The van der Waals surface area contributed by atoms with Gasteiger partial charge in [-0.1, -0.05) is 6.07 Å². The Bertz CT molecular complexity index is 440. The van der Waals surface area contributed by atoms with Crippen molar-refractivity contribution >= 4 is 5.91 Å². The third kappa shape index (κ3) is 2.75. The van der Waals surface area contributed by atoms with E-state index in [2.05, 4.69) is 10.5 Å². The highest BCUT2D eigenvalue weighted by molar-refractivity contribution is 5.78. The summed E-state index contributed by atoms with van der Waals surface area (Å²) in [4.78, 5) is 21.2. The molecule has 1 aromatic rings. The maximum atomic E-state index is 12.0. The summed E-state index contributed by atoms with van der Waals surface area (Å²) >= 11 is 0. The highest BCUT2D eigenvalue weighted by Gasteiger charge is 2.44. The number of fused-ring (bicyclic) bond motifs is 1. The third-order valence-electron chi connectivity index (χ3n) is 3.55. The number of hydroxylamine groups is 1. The number of nitrogens with zero attached hydrogens (tertiary/aromatic N) is 1. The van der Waals surface area contributed by atoms with Crippen molar-refractivity contribution < 1.29 is 19.1 Å². The third-order valence-corrected chi connectivity index (χ3v) is 3.55. The van der Waals surface area contributed by atoms with Gasteiger partial charge in [-0.15, -0.1) is 0 Å². The van der Waals surface area contributed by atoms with Crippen LogP contribution >= 0.6 is 0 Å². The van der Waals surface area contributed by atoms with E-state index in [1.165, 1.54) is 0 Å². The molecular weight excluding hydrogens is 248 g/mol. The highest BCUT2D eigenvalue weighted by atomic mass is 16.7. The molecule has 3 atom stereocenters. The molecule has 2 fully saturated rings. The molecule has 2 saturated heterocycles. The van der Waals surface area contributed by atoms with Crippen LogP contribution < -0.4 is 5.48 Å². The van der Waals surface area contributed by atoms with Gasteiger partial charge in [0.05, 0.1) is 31.8 Å². The molecule has 0 aromatic carbocycles. The number of hydrogen-bond donors (Lipinski definition) is 1. The molecule has 3 unspecified atom stereocenters. The molecule has 102 valence electrons. The van der Waals surface area contributed by atoms with Crippen LogP contribution in [-0.2, 0) is 25.7 Å². The van der Waals surface area contributed by atoms with Crippen LogP contribution in [0.15, 0.2) is 24.5 Å². The summed E-state index contributed by atoms with van der Waals surface area (Å²) in [5.41, 5.74) is 3.39. The van der Waals surface area contributed by atoms with E-state index < -0.39 is 0 Å². The summed E-state index contributed by atoms with van der Waals surface area (Å²) in [5.74, 6) is -0.162. The molecule has 1 N–H and O–H groups in total. The number of nitrogens with one attached hydrogen (secondary N) is 1. The summed E-state index contributed by atoms with van der Waals surface area (Å²) in [5, 5.41) is 0. The molecule has 2 aliphatic rings. The molecular formula is C13H16N2O4. The lowest BCUT2D eigenvalue weighted by Gasteiger charge is -2.14.